The summed E-state index contributed by atoms with van der Waals surface area (Å²) < 4.78 is 5.61. The molecule has 1 aliphatic rings. The molecule has 0 aromatic heterocycles. The summed E-state index contributed by atoms with van der Waals surface area (Å²) in [5, 5.41) is 0. The van der Waals surface area contributed by atoms with E-state index >= 15 is 0 Å². The molecule has 1 saturated heterocycles. The Kier molecular flexibility index (Phi) is 29.9. The van der Waals surface area contributed by atoms with Crippen molar-refractivity contribution in [3.63, 3.8) is 0 Å². The third kappa shape index (κ3) is 23.3. The quantitative estimate of drug-likeness (QED) is 0.0879. The number of carbonyl (C=O) groups excluding carboxylic acids is 1. The number of ether oxygens (including phenoxy) is 1. The SMILES string of the molecule is CCCCCCCCCCCCCCCC1N(CCOC(=O)CCCCCCCCCCCCC)CC[NH+]1C.[Cl-]. The van der Waals surface area contributed by atoms with Gasteiger partial charge in [-0.25, -0.2) is 4.90 Å². The summed E-state index contributed by atoms with van der Waals surface area (Å²) in [4.78, 5) is 16.4. The van der Waals surface area contributed by atoms with Crippen LogP contribution in [0.4, 0.5) is 0 Å². The number of quaternary nitrogens is 1. The molecule has 5 heteroatoms. The Morgan fingerprint density at radius 2 is 1.05 bits per heavy atom. The molecule has 0 aromatic rings. The van der Waals surface area contributed by atoms with Gasteiger partial charge in [0.1, 0.15) is 12.8 Å². The molecule has 1 rings (SSSR count). The van der Waals surface area contributed by atoms with E-state index in [9.17, 15) is 4.79 Å². The average molecular weight is 587 g/mol. The summed E-state index contributed by atoms with van der Waals surface area (Å²) in [6.45, 7) is 8.41. The zero-order valence-electron chi connectivity index (χ0n) is 27.4. The van der Waals surface area contributed by atoms with E-state index in [0.717, 1.165) is 19.5 Å². The Bertz CT molecular complexity index is 534. The molecule has 0 aromatic carbocycles. The molecular formula is C35H71ClN2O2. The summed E-state index contributed by atoms with van der Waals surface area (Å²) in [7, 11) is 2.34. The van der Waals surface area contributed by atoms with Crippen LogP contribution in [0.3, 0.4) is 0 Å². The molecule has 2 unspecified atom stereocenters. The minimum atomic E-state index is 0. The van der Waals surface area contributed by atoms with Gasteiger partial charge in [0.15, 0.2) is 0 Å². The molecule has 1 heterocycles. The van der Waals surface area contributed by atoms with E-state index in [2.05, 4.69) is 25.8 Å². The molecule has 1 N–H and O–H groups in total. The number of esters is 1. The van der Waals surface area contributed by atoms with Crippen molar-refractivity contribution in [3.8, 4) is 0 Å². The minimum Gasteiger partial charge on any atom is -1.00 e. The highest BCUT2D eigenvalue weighted by atomic mass is 35.5. The Hall–Kier alpha value is -0.320. The second kappa shape index (κ2) is 30.1. The highest BCUT2D eigenvalue weighted by molar-refractivity contribution is 5.69. The summed E-state index contributed by atoms with van der Waals surface area (Å²) in [6, 6.07) is 0. The molecule has 1 fully saturated rings. The van der Waals surface area contributed by atoms with E-state index in [4.69, 9.17) is 4.74 Å². The standard InChI is InChI=1S/C35H70N2O2.ClH/c1-4-6-8-10-12-14-16-17-19-20-22-24-26-28-34-36(3)30-31-37(34)32-33-39-35(38)29-27-25-23-21-18-15-13-11-9-7-5-2;/h34H,4-33H2,1-3H3;1H. The molecule has 4 nitrogen and oxygen atoms in total. The summed E-state index contributed by atoms with van der Waals surface area (Å²) >= 11 is 0. The monoisotopic (exact) mass is 587 g/mol. The highest BCUT2D eigenvalue weighted by Crippen LogP contribution is 2.15. The van der Waals surface area contributed by atoms with E-state index in [1.165, 1.54) is 161 Å². The molecule has 2 atom stereocenters. The third-order valence-electron chi connectivity index (χ3n) is 9.01. The van der Waals surface area contributed by atoms with Crippen LogP contribution in [0.2, 0.25) is 0 Å². The predicted molar refractivity (Wildman–Crippen MR) is 169 cm³/mol. The summed E-state index contributed by atoms with van der Waals surface area (Å²) in [6.07, 6.45) is 35.4. The van der Waals surface area contributed by atoms with Crippen LogP contribution in [0.5, 0.6) is 0 Å². The molecule has 0 saturated carbocycles. The lowest BCUT2D eigenvalue weighted by Gasteiger charge is -2.24. The van der Waals surface area contributed by atoms with E-state index < -0.39 is 0 Å². The van der Waals surface area contributed by atoms with Gasteiger partial charge in [-0.05, 0) is 12.8 Å². The van der Waals surface area contributed by atoms with Crippen LogP contribution < -0.4 is 17.3 Å². The lowest BCUT2D eigenvalue weighted by atomic mass is 10.0. The number of hydrogen-bond acceptors (Lipinski definition) is 3. The van der Waals surface area contributed by atoms with Crippen LogP contribution >= 0.6 is 0 Å². The fourth-order valence-electron chi connectivity index (χ4n) is 6.29. The number of carbonyl (C=O) groups is 1. The molecule has 1 aliphatic heterocycles. The molecule has 0 spiro atoms. The maximum absolute atomic E-state index is 12.2. The zero-order chi connectivity index (χ0) is 28.2. The lowest BCUT2D eigenvalue weighted by molar-refractivity contribution is -0.898. The fraction of sp³-hybridized carbons (Fsp3) is 0.971. The Morgan fingerprint density at radius 3 is 1.50 bits per heavy atom. The lowest BCUT2D eigenvalue weighted by Crippen LogP contribution is -3.11. The molecule has 0 bridgehead atoms. The number of nitrogens with one attached hydrogen (secondary N) is 1. The number of halogens is 1. The van der Waals surface area contributed by atoms with Crippen molar-refractivity contribution in [2.75, 3.05) is 33.3 Å². The van der Waals surface area contributed by atoms with Crippen molar-refractivity contribution >= 4 is 5.97 Å². The van der Waals surface area contributed by atoms with Crippen molar-refractivity contribution in [2.45, 2.75) is 187 Å². The Balaban J connectivity index is 0.0000152. The van der Waals surface area contributed by atoms with Crippen molar-refractivity contribution in [2.24, 2.45) is 0 Å². The van der Waals surface area contributed by atoms with E-state index in [-0.39, 0.29) is 18.4 Å². The maximum Gasteiger partial charge on any atom is 0.305 e. The second-order valence-electron chi connectivity index (χ2n) is 12.7. The van der Waals surface area contributed by atoms with Gasteiger partial charge < -0.3 is 22.0 Å². The van der Waals surface area contributed by atoms with Crippen molar-refractivity contribution in [1.82, 2.24) is 4.90 Å². The number of nitrogens with zero attached hydrogens (tertiary/aromatic N) is 1. The number of likely N-dealkylation sites (N-methyl/N-ethyl adjacent to an activating group) is 1. The normalized spacial score (nSPS) is 17.3. The largest absolute Gasteiger partial charge is 1.00 e. The predicted octanol–water partition coefficient (Wildman–Crippen LogP) is 5.87. The smallest absolute Gasteiger partial charge is 0.305 e. The Labute approximate surface area is 257 Å². The van der Waals surface area contributed by atoms with Crippen LogP contribution in [0.25, 0.3) is 0 Å². The van der Waals surface area contributed by atoms with Crippen LogP contribution in [0.15, 0.2) is 0 Å². The van der Waals surface area contributed by atoms with Gasteiger partial charge >= 0.3 is 5.97 Å². The number of unbranched alkanes of at least 4 members (excludes halogenated alkanes) is 22. The van der Waals surface area contributed by atoms with Crippen molar-refractivity contribution in [1.29, 1.82) is 0 Å². The first-order chi connectivity index (χ1) is 19.2. The van der Waals surface area contributed by atoms with E-state index in [1.54, 1.807) is 4.90 Å². The van der Waals surface area contributed by atoms with Gasteiger partial charge in [-0.2, -0.15) is 0 Å². The van der Waals surface area contributed by atoms with Crippen LogP contribution in [0, 0.1) is 0 Å². The second-order valence-corrected chi connectivity index (χ2v) is 12.7. The molecular weight excluding hydrogens is 516 g/mol. The summed E-state index contributed by atoms with van der Waals surface area (Å²) in [5.41, 5.74) is 0. The average Bonchev–Trinajstić information content (AvgIpc) is 3.28. The van der Waals surface area contributed by atoms with Crippen LogP contribution in [0.1, 0.15) is 181 Å². The van der Waals surface area contributed by atoms with Gasteiger partial charge in [0.25, 0.3) is 0 Å². The van der Waals surface area contributed by atoms with Crippen LogP contribution in [-0.2, 0) is 9.53 Å². The van der Waals surface area contributed by atoms with Gasteiger partial charge in [0.05, 0.1) is 20.1 Å². The first-order valence-electron chi connectivity index (χ1n) is 17.9. The molecule has 40 heavy (non-hydrogen) atoms. The Morgan fingerprint density at radius 1 is 0.650 bits per heavy atom. The van der Waals surface area contributed by atoms with Crippen LogP contribution in [-0.4, -0.2) is 50.3 Å². The number of hydrogen-bond donors (Lipinski definition) is 1. The van der Waals surface area contributed by atoms with Gasteiger partial charge in [0, 0.05) is 19.4 Å². The molecule has 240 valence electrons. The summed E-state index contributed by atoms with van der Waals surface area (Å²) in [5.74, 6) is 0.0128. The zero-order valence-corrected chi connectivity index (χ0v) is 28.2. The van der Waals surface area contributed by atoms with E-state index in [1.807, 2.05) is 0 Å². The maximum atomic E-state index is 12.2. The molecule has 0 radical (unpaired) electrons. The van der Waals surface area contributed by atoms with Gasteiger partial charge in [-0.1, -0.05) is 155 Å². The highest BCUT2D eigenvalue weighted by Gasteiger charge is 2.32. The number of rotatable bonds is 29. The van der Waals surface area contributed by atoms with Gasteiger partial charge in [0.2, 0.25) is 0 Å². The molecule has 0 aliphatic carbocycles. The third-order valence-corrected chi connectivity index (χ3v) is 9.01. The van der Waals surface area contributed by atoms with Crippen molar-refractivity contribution in [3.05, 3.63) is 0 Å². The molecule has 0 amide bonds. The van der Waals surface area contributed by atoms with Gasteiger partial charge in [-0.3, -0.25) is 4.79 Å². The van der Waals surface area contributed by atoms with Crippen molar-refractivity contribution < 1.29 is 26.8 Å². The first-order valence-corrected chi connectivity index (χ1v) is 17.9. The van der Waals surface area contributed by atoms with Gasteiger partial charge in [-0.15, -0.1) is 0 Å². The van der Waals surface area contributed by atoms with E-state index in [0.29, 0.717) is 19.2 Å². The fourth-order valence-corrected chi connectivity index (χ4v) is 6.29. The topological polar surface area (TPSA) is 34.0 Å². The minimum absolute atomic E-state index is 0. The first kappa shape index (κ1) is 39.7.